The van der Waals surface area contributed by atoms with E-state index in [4.69, 9.17) is 4.74 Å². The summed E-state index contributed by atoms with van der Waals surface area (Å²) in [5.41, 5.74) is 1.73. The zero-order valence-electron chi connectivity index (χ0n) is 16.7. The summed E-state index contributed by atoms with van der Waals surface area (Å²) in [4.78, 5) is 50.9. The molecule has 0 unspecified atom stereocenters. The average molecular weight is 442 g/mol. The number of aromatic nitrogens is 2. The quantitative estimate of drug-likeness (QED) is 0.245. The van der Waals surface area contributed by atoms with Crippen molar-refractivity contribution in [3.8, 4) is 5.13 Å². The largest absolute Gasteiger partial charge is 0.456 e. The van der Waals surface area contributed by atoms with Gasteiger partial charge in [0.15, 0.2) is 11.7 Å². The van der Waals surface area contributed by atoms with E-state index in [1.165, 1.54) is 29.5 Å². The number of benzene rings is 1. The van der Waals surface area contributed by atoms with E-state index in [2.05, 4.69) is 10.3 Å². The molecule has 3 rings (SSSR count). The van der Waals surface area contributed by atoms with Crippen LogP contribution in [0, 0.1) is 24.0 Å². The SMILES string of the molecule is Cc1cc(C(=O)COC(=O)CNC(=O)c2cccc([N+](=O)[O-])c2)c(C)n1-c1nccs1. The smallest absolute Gasteiger partial charge is 0.325 e. The first kappa shape index (κ1) is 21.8. The molecular weight excluding hydrogens is 424 g/mol. The maximum atomic E-state index is 12.5. The summed E-state index contributed by atoms with van der Waals surface area (Å²) in [6, 6.07) is 6.81. The van der Waals surface area contributed by atoms with Crippen LogP contribution in [0.5, 0.6) is 0 Å². The molecule has 0 aliphatic rings. The second-order valence-corrected chi connectivity index (χ2v) is 7.38. The summed E-state index contributed by atoms with van der Waals surface area (Å²) < 4.78 is 6.81. The van der Waals surface area contributed by atoms with Crippen LogP contribution in [-0.2, 0) is 9.53 Å². The number of nitro groups is 1. The molecule has 3 aromatic rings. The van der Waals surface area contributed by atoms with Crippen LogP contribution in [0.25, 0.3) is 5.13 Å². The molecule has 10 nitrogen and oxygen atoms in total. The number of carbonyl (C=O) groups excluding carboxylic acids is 3. The molecule has 0 spiro atoms. The third-order valence-corrected chi connectivity index (χ3v) is 5.18. The topological polar surface area (TPSA) is 133 Å². The van der Waals surface area contributed by atoms with Gasteiger partial charge >= 0.3 is 5.97 Å². The third-order valence-electron chi connectivity index (χ3n) is 4.42. The number of rotatable bonds is 8. The molecule has 0 saturated heterocycles. The molecule has 0 aliphatic heterocycles. The molecule has 31 heavy (non-hydrogen) atoms. The van der Waals surface area contributed by atoms with Crippen LogP contribution >= 0.6 is 11.3 Å². The highest BCUT2D eigenvalue weighted by atomic mass is 32.1. The van der Waals surface area contributed by atoms with Crippen LogP contribution in [0.2, 0.25) is 0 Å². The summed E-state index contributed by atoms with van der Waals surface area (Å²) in [6.45, 7) is 2.67. The Balaban J connectivity index is 1.55. The van der Waals surface area contributed by atoms with Gasteiger partial charge in [-0.1, -0.05) is 6.07 Å². The summed E-state index contributed by atoms with van der Waals surface area (Å²) in [5, 5.41) is 15.7. The van der Waals surface area contributed by atoms with Crippen molar-refractivity contribution in [3.63, 3.8) is 0 Å². The number of non-ortho nitro benzene ring substituents is 1. The van der Waals surface area contributed by atoms with Crippen molar-refractivity contribution in [2.24, 2.45) is 0 Å². The van der Waals surface area contributed by atoms with Crippen LogP contribution in [-0.4, -0.2) is 45.3 Å². The molecule has 0 atom stereocenters. The number of hydrogen-bond donors (Lipinski definition) is 1. The average Bonchev–Trinajstić information content (AvgIpc) is 3.37. The second-order valence-electron chi connectivity index (χ2n) is 6.51. The Bertz CT molecular complexity index is 1150. The minimum absolute atomic E-state index is 0.0349. The van der Waals surface area contributed by atoms with Crippen molar-refractivity contribution >= 4 is 34.7 Å². The summed E-state index contributed by atoms with van der Waals surface area (Å²) in [5.74, 6) is -1.85. The fourth-order valence-electron chi connectivity index (χ4n) is 2.96. The summed E-state index contributed by atoms with van der Waals surface area (Å²) in [7, 11) is 0. The first-order valence-corrected chi connectivity index (χ1v) is 9.96. The Morgan fingerprint density at radius 1 is 1.26 bits per heavy atom. The second kappa shape index (κ2) is 9.30. The molecule has 11 heteroatoms. The normalized spacial score (nSPS) is 10.5. The van der Waals surface area contributed by atoms with E-state index in [-0.39, 0.29) is 17.0 Å². The Labute approximate surface area is 180 Å². The van der Waals surface area contributed by atoms with Crippen molar-refractivity contribution in [2.45, 2.75) is 13.8 Å². The fraction of sp³-hybridized carbons (Fsp3) is 0.200. The predicted molar refractivity (Wildman–Crippen MR) is 112 cm³/mol. The first-order valence-electron chi connectivity index (χ1n) is 9.08. The molecule has 0 saturated carbocycles. The van der Waals surface area contributed by atoms with Crippen LogP contribution in [0.4, 0.5) is 5.69 Å². The lowest BCUT2D eigenvalue weighted by molar-refractivity contribution is -0.384. The molecule has 1 N–H and O–H groups in total. The number of nitro benzene ring substituents is 1. The van der Waals surface area contributed by atoms with Crippen LogP contribution in [0.3, 0.4) is 0 Å². The lowest BCUT2D eigenvalue weighted by Gasteiger charge is -2.07. The minimum Gasteiger partial charge on any atom is -0.456 e. The number of hydrogen-bond acceptors (Lipinski definition) is 8. The third kappa shape index (κ3) is 5.01. The Hall–Kier alpha value is -3.86. The van der Waals surface area contributed by atoms with Gasteiger partial charge in [0, 0.05) is 46.2 Å². The maximum absolute atomic E-state index is 12.5. The van der Waals surface area contributed by atoms with Gasteiger partial charge in [-0.3, -0.25) is 29.1 Å². The number of thiazole rings is 1. The van der Waals surface area contributed by atoms with Gasteiger partial charge in [-0.05, 0) is 26.0 Å². The zero-order valence-corrected chi connectivity index (χ0v) is 17.5. The van der Waals surface area contributed by atoms with E-state index < -0.39 is 30.0 Å². The Morgan fingerprint density at radius 2 is 2.03 bits per heavy atom. The predicted octanol–water partition coefficient (Wildman–Crippen LogP) is 2.61. The van der Waals surface area contributed by atoms with Crippen molar-refractivity contribution in [2.75, 3.05) is 13.2 Å². The molecule has 2 aromatic heterocycles. The fourth-order valence-corrected chi connectivity index (χ4v) is 3.71. The Kier molecular flexibility index (Phi) is 6.55. The highest BCUT2D eigenvalue weighted by Gasteiger charge is 2.19. The van der Waals surface area contributed by atoms with Gasteiger partial charge in [0.05, 0.1) is 4.92 Å². The molecule has 1 aromatic carbocycles. The number of ketones is 1. The molecule has 1 amide bonds. The molecule has 160 valence electrons. The number of ether oxygens (including phenoxy) is 1. The monoisotopic (exact) mass is 442 g/mol. The van der Waals surface area contributed by atoms with E-state index >= 15 is 0 Å². The molecular formula is C20H18N4O6S. The van der Waals surface area contributed by atoms with Crippen LogP contribution < -0.4 is 5.32 Å². The van der Waals surface area contributed by atoms with Crippen molar-refractivity contribution in [3.05, 3.63) is 74.5 Å². The highest BCUT2D eigenvalue weighted by molar-refractivity contribution is 7.12. The molecule has 0 radical (unpaired) electrons. The number of amides is 1. The molecule has 0 aliphatic carbocycles. The summed E-state index contributed by atoms with van der Waals surface area (Å²) in [6.07, 6.45) is 1.67. The Morgan fingerprint density at radius 3 is 2.71 bits per heavy atom. The van der Waals surface area contributed by atoms with E-state index in [0.29, 0.717) is 11.3 Å². The van der Waals surface area contributed by atoms with E-state index in [0.717, 1.165) is 16.9 Å². The van der Waals surface area contributed by atoms with Crippen LogP contribution in [0.1, 0.15) is 32.1 Å². The van der Waals surface area contributed by atoms with Crippen molar-refractivity contribution in [1.82, 2.24) is 14.9 Å². The number of nitrogens with zero attached hydrogens (tertiary/aromatic N) is 3. The number of nitrogens with one attached hydrogen (secondary N) is 1. The van der Waals surface area contributed by atoms with Gasteiger partial charge in [-0.25, -0.2) is 4.98 Å². The van der Waals surface area contributed by atoms with Gasteiger partial charge in [-0.15, -0.1) is 11.3 Å². The number of aryl methyl sites for hydroxylation is 1. The molecule has 0 bridgehead atoms. The number of esters is 1. The number of carbonyl (C=O) groups is 3. The zero-order chi connectivity index (χ0) is 22.5. The van der Waals surface area contributed by atoms with Gasteiger partial charge in [0.1, 0.15) is 6.54 Å². The van der Waals surface area contributed by atoms with Gasteiger partial charge in [0.2, 0.25) is 5.78 Å². The van der Waals surface area contributed by atoms with Crippen molar-refractivity contribution in [1.29, 1.82) is 0 Å². The standard InChI is InChI=1S/C20H18N4O6S/c1-12-8-16(13(2)23(12)20-21-6-7-31-20)17(25)11-30-18(26)10-22-19(27)14-4-3-5-15(9-14)24(28)29/h3-9H,10-11H2,1-2H3,(H,22,27). The van der Waals surface area contributed by atoms with Crippen molar-refractivity contribution < 1.29 is 24.0 Å². The van der Waals surface area contributed by atoms with Gasteiger partial charge < -0.3 is 10.1 Å². The highest BCUT2D eigenvalue weighted by Crippen LogP contribution is 2.22. The van der Waals surface area contributed by atoms with Gasteiger partial charge in [-0.2, -0.15) is 0 Å². The lowest BCUT2D eigenvalue weighted by Crippen LogP contribution is -2.31. The van der Waals surface area contributed by atoms with Gasteiger partial charge in [0.25, 0.3) is 11.6 Å². The first-order chi connectivity index (χ1) is 14.8. The lowest BCUT2D eigenvalue weighted by atomic mass is 10.1. The van der Waals surface area contributed by atoms with E-state index in [1.54, 1.807) is 19.2 Å². The van der Waals surface area contributed by atoms with E-state index in [9.17, 15) is 24.5 Å². The van der Waals surface area contributed by atoms with Crippen LogP contribution in [0.15, 0.2) is 41.9 Å². The molecule has 2 heterocycles. The maximum Gasteiger partial charge on any atom is 0.325 e. The summed E-state index contributed by atoms with van der Waals surface area (Å²) >= 11 is 1.44. The van der Waals surface area contributed by atoms with E-state index in [1.807, 2.05) is 16.9 Å². The minimum atomic E-state index is -0.805. The number of Topliss-reactive ketones (excluding diaryl/α,β-unsaturated/α-hetero) is 1. The molecule has 0 fully saturated rings.